The zero-order valence-electron chi connectivity index (χ0n) is 11.2. The van der Waals surface area contributed by atoms with Crippen LogP contribution in [0.2, 0.25) is 5.02 Å². The van der Waals surface area contributed by atoms with E-state index in [-0.39, 0.29) is 0 Å². The number of nitrogens with two attached hydrogens (primary N) is 1. The average molecular weight is 276 g/mol. The highest BCUT2D eigenvalue weighted by molar-refractivity contribution is 6.32. The van der Waals surface area contributed by atoms with Gasteiger partial charge in [0.15, 0.2) is 0 Å². The van der Waals surface area contributed by atoms with Crippen molar-refractivity contribution >= 4 is 11.6 Å². The van der Waals surface area contributed by atoms with Crippen molar-refractivity contribution in [2.45, 2.75) is 18.9 Å². The van der Waals surface area contributed by atoms with E-state index in [1.807, 2.05) is 48.5 Å². The summed E-state index contributed by atoms with van der Waals surface area (Å²) in [6.07, 6.45) is 0.793. The minimum absolute atomic E-state index is 0.529. The Kier molecular flexibility index (Phi) is 4.13. The highest BCUT2D eigenvalue weighted by Crippen LogP contribution is 2.34. The van der Waals surface area contributed by atoms with Crippen LogP contribution < -0.4 is 10.5 Å². The van der Waals surface area contributed by atoms with Gasteiger partial charge in [0.2, 0.25) is 0 Å². The lowest BCUT2D eigenvalue weighted by Crippen LogP contribution is -2.37. The van der Waals surface area contributed by atoms with Crippen LogP contribution in [0.15, 0.2) is 48.5 Å². The van der Waals surface area contributed by atoms with Crippen molar-refractivity contribution in [2.75, 3.05) is 7.11 Å². The Morgan fingerprint density at radius 3 is 2.37 bits per heavy atom. The van der Waals surface area contributed by atoms with Gasteiger partial charge in [0.05, 0.1) is 17.7 Å². The van der Waals surface area contributed by atoms with Crippen LogP contribution in [0, 0.1) is 0 Å². The molecular formula is C16H18ClNO. The Morgan fingerprint density at radius 1 is 1.11 bits per heavy atom. The van der Waals surface area contributed by atoms with E-state index < -0.39 is 5.54 Å². The molecule has 2 aromatic carbocycles. The molecule has 2 nitrogen and oxygen atoms in total. The molecule has 0 aromatic heterocycles. The number of ether oxygens (including phenoxy) is 1. The van der Waals surface area contributed by atoms with Crippen LogP contribution in [0.3, 0.4) is 0 Å². The minimum atomic E-state index is -0.529. The van der Waals surface area contributed by atoms with Gasteiger partial charge < -0.3 is 10.5 Å². The first-order valence-electron chi connectivity index (χ1n) is 6.30. The van der Waals surface area contributed by atoms with Crippen LogP contribution in [0.1, 0.15) is 24.5 Å². The Morgan fingerprint density at radius 2 is 1.79 bits per heavy atom. The summed E-state index contributed by atoms with van der Waals surface area (Å²) in [6.45, 7) is 2.08. The quantitative estimate of drug-likeness (QED) is 0.917. The standard InChI is InChI=1S/C16H18ClNO/c1-3-16(18,12-7-5-4-6-8-12)13-9-10-14(17)15(11-13)19-2/h4-11H,3,18H2,1-2H3. The highest BCUT2D eigenvalue weighted by atomic mass is 35.5. The first kappa shape index (κ1) is 13.9. The predicted molar refractivity (Wildman–Crippen MR) is 79.7 cm³/mol. The Hall–Kier alpha value is -1.51. The van der Waals surface area contributed by atoms with Crippen LogP contribution in [-0.2, 0) is 5.54 Å². The van der Waals surface area contributed by atoms with Crippen molar-refractivity contribution < 1.29 is 4.74 Å². The molecule has 1 atom stereocenters. The summed E-state index contributed by atoms with van der Waals surface area (Å²) in [5.74, 6) is 0.651. The van der Waals surface area contributed by atoms with E-state index in [2.05, 4.69) is 6.92 Å². The molecule has 0 radical (unpaired) electrons. The fourth-order valence-corrected chi connectivity index (χ4v) is 2.44. The predicted octanol–water partition coefficient (Wildman–Crippen LogP) is 3.96. The van der Waals surface area contributed by atoms with Gasteiger partial charge in [-0.25, -0.2) is 0 Å². The van der Waals surface area contributed by atoms with Crippen LogP contribution in [0.4, 0.5) is 0 Å². The van der Waals surface area contributed by atoms with E-state index in [0.29, 0.717) is 10.8 Å². The Bertz CT molecular complexity index is 556. The molecule has 0 aliphatic rings. The van der Waals surface area contributed by atoms with Crippen LogP contribution in [-0.4, -0.2) is 7.11 Å². The lowest BCUT2D eigenvalue weighted by atomic mass is 9.81. The van der Waals surface area contributed by atoms with E-state index in [1.165, 1.54) is 0 Å². The van der Waals surface area contributed by atoms with E-state index in [0.717, 1.165) is 17.5 Å². The third kappa shape index (κ3) is 2.60. The molecule has 0 spiro atoms. The maximum Gasteiger partial charge on any atom is 0.137 e. The summed E-state index contributed by atoms with van der Waals surface area (Å²) >= 11 is 6.07. The summed E-state index contributed by atoms with van der Waals surface area (Å²) < 4.78 is 5.27. The lowest BCUT2D eigenvalue weighted by molar-refractivity contribution is 0.412. The number of benzene rings is 2. The van der Waals surface area contributed by atoms with E-state index in [4.69, 9.17) is 22.1 Å². The molecule has 19 heavy (non-hydrogen) atoms. The summed E-state index contributed by atoms with van der Waals surface area (Å²) in [7, 11) is 1.61. The van der Waals surface area contributed by atoms with E-state index in [9.17, 15) is 0 Å². The largest absolute Gasteiger partial charge is 0.495 e. The number of halogens is 1. The molecule has 2 aromatic rings. The third-order valence-electron chi connectivity index (χ3n) is 3.51. The number of hydrogen-bond acceptors (Lipinski definition) is 2. The highest BCUT2D eigenvalue weighted by Gasteiger charge is 2.28. The van der Waals surface area contributed by atoms with Gasteiger partial charge >= 0.3 is 0 Å². The SMILES string of the molecule is CCC(N)(c1ccccc1)c1ccc(Cl)c(OC)c1. The van der Waals surface area contributed by atoms with Crippen molar-refractivity contribution in [2.24, 2.45) is 5.73 Å². The van der Waals surface area contributed by atoms with Gasteiger partial charge in [-0.3, -0.25) is 0 Å². The molecule has 1 unspecified atom stereocenters. The van der Waals surface area contributed by atoms with Crippen molar-refractivity contribution in [3.8, 4) is 5.75 Å². The van der Waals surface area contributed by atoms with Gasteiger partial charge in [0, 0.05) is 0 Å². The maximum absolute atomic E-state index is 6.61. The summed E-state index contributed by atoms with van der Waals surface area (Å²) in [4.78, 5) is 0. The lowest BCUT2D eigenvalue weighted by Gasteiger charge is -2.30. The molecule has 0 amide bonds. The molecule has 0 aliphatic heterocycles. The van der Waals surface area contributed by atoms with Crippen molar-refractivity contribution in [3.63, 3.8) is 0 Å². The van der Waals surface area contributed by atoms with Crippen molar-refractivity contribution in [1.29, 1.82) is 0 Å². The fraction of sp³-hybridized carbons (Fsp3) is 0.250. The summed E-state index contributed by atoms with van der Waals surface area (Å²) in [5.41, 5.74) is 8.17. The molecule has 0 aliphatic carbocycles. The fourth-order valence-electron chi connectivity index (χ4n) is 2.25. The third-order valence-corrected chi connectivity index (χ3v) is 3.83. The van der Waals surface area contributed by atoms with Crippen LogP contribution >= 0.6 is 11.6 Å². The van der Waals surface area contributed by atoms with Crippen molar-refractivity contribution in [3.05, 3.63) is 64.7 Å². The van der Waals surface area contributed by atoms with Gasteiger partial charge in [-0.2, -0.15) is 0 Å². The van der Waals surface area contributed by atoms with Gasteiger partial charge in [-0.05, 0) is 29.7 Å². The monoisotopic (exact) mass is 275 g/mol. The number of rotatable bonds is 4. The molecule has 0 bridgehead atoms. The molecule has 0 heterocycles. The first-order chi connectivity index (χ1) is 9.11. The smallest absolute Gasteiger partial charge is 0.137 e. The summed E-state index contributed by atoms with van der Waals surface area (Å²) in [6, 6.07) is 15.8. The first-order valence-corrected chi connectivity index (χ1v) is 6.68. The molecule has 2 rings (SSSR count). The number of hydrogen-bond donors (Lipinski definition) is 1. The zero-order chi connectivity index (χ0) is 13.9. The Balaban J connectivity index is 2.53. The maximum atomic E-state index is 6.61. The van der Waals surface area contributed by atoms with Crippen LogP contribution in [0.5, 0.6) is 5.75 Å². The molecule has 0 saturated heterocycles. The molecule has 0 fully saturated rings. The molecule has 2 N–H and O–H groups in total. The molecule has 100 valence electrons. The summed E-state index contributed by atoms with van der Waals surface area (Å²) in [5, 5.41) is 0.595. The van der Waals surface area contributed by atoms with E-state index >= 15 is 0 Å². The topological polar surface area (TPSA) is 35.2 Å². The molecule has 0 saturated carbocycles. The number of methoxy groups -OCH3 is 1. The van der Waals surface area contributed by atoms with Gasteiger partial charge in [0.1, 0.15) is 5.75 Å². The van der Waals surface area contributed by atoms with Crippen molar-refractivity contribution in [1.82, 2.24) is 0 Å². The second kappa shape index (κ2) is 5.64. The van der Waals surface area contributed by atoms with Gasteiger partial charge in [-0.15, -0.1) is 0 Å². The normalized spacial score (nSPS) is 13.9. The molecule has 3 heteroatoms. The van der Waals surface area contributed by atoms with E-state index in [1.54, 1.807) is 7.11 Å². The molecular weight excluding hydrogens is 258 g/mol. The second-order valence-electron chi connectivity index (χ2n) is 4.54. The Labute approximate surface area is 119 Å². The van der Waals surface area contributed by atoms with Gasteiger partial charge in [-0.1, -0.05) is 54.9 Å². The average Bonchev–Trinajstić information content (AvgIpc) is 2.47. The zero-order valence-corrected chi connectivity index (χ0v) is 11.9. The van der Waals surface area contributed by atoms with Gasteiger partial charge in [0.25, 0.3) is 0 Å². The van der Waals surface area contributed by atoms with Crippen LogP contribution in [0.25, 0.3) is 0 Å². The minimum Gasteiger partial charge on any atom is -0.495 e. The second-order valence-corrected chi connectivity index (χ2v) is 4.95.